The first-order valence-corrected chi connectivity index (χ1v) is 9.79. The summed E-state index contributed by atoms with van der Waals surface area (Å²) in [5.74, 6) is -0.0653. The zero-order valence-electron chi connectivity index (χ0n) is 17.1. The van der Waals surface area contributed by atoms with E-state index in [0.29, 0.717) is 28.8 Å². The molecule has 2 aromatic carbocycles. The normalized spacial score (nSPS) is 11.5. The molecule has 0 atom stereocenters. The smallest absolute Gasteiger partial charge is 0.433 e. The van der Waals surface area contributed by atoms with Crippen LogP contribution in [-0.2, 0) is 12.6 Å². The maximum Gasteiger partial charge on any atom is 0.433 e. The van der Waals surface area contributed by atoms with Crippen LogP contribution in [0.1, 0.15) is 21.6 Å². The minimum Gasteiger partial charge on any atom is -0.497 e. The van der Waals surface area contributed by atoms with Crippen LogP contribution in [0.3, 0.4) is 0 Å². The van der Waals surface area contributed by atoms with Gasteiger partial charge in [-0.2, -0.15) is 18.3 Å². The lowest BCUT2D eigenvalue weighted by Gasteiger charge is -2.12. The summed E-state index contributed by atoms with van der Waals surface area (Å²) in [6.07, 6.45) is -3.01. The van der Waals surface area contributed by atoms with Gasteiger partial charge in [-0.1, -0.05) is 42.5 Å². The van der Waals surface area contributed by atoms with E-state index in [0.717, 1.165) is 17.8 Å². The van der Waals surface area contributed by atoms with Crippen LogP contribution < -0.4 is 10.1 Å². The molecule has 0 fully saturated rings. The van der Waals surface area contributed by atoms with Gasteiger partial charge in [0, 0.05) is 12.1 Å². The average molecular weight is 440 g/mol. The summed E-state index contributed by atoms with van der Waals surface area (Å²) in [6, 6.07) is 17.0. The number of nitrogens with zero attached hydrogens (tertiary/aromatic N) is 3. The molecule has 1 N–H and O–H groups in total. The minimum absolute atomic E-state index is 0.0340. The first-order valence-electron chi connectivity index (χ1n) is 9.79. The number of fused-ring (bicyclic) bond motifs is 1. The lowest BCUT2D eigenvalue weighted by atomic mass is 10.1. The summed E-state index contributed by atoms with van der Waals surface area (Å²) >= 11 is 0. The fraction of sp³-hybridized carbons (Fsp3) is 0.174. The highest BCUT2D eigenvalue weighted by molar-refractivity contribution is 5.99. The van der Waals surface area contributed by atoms with Crippen LogP contribution in [0.15, 0.2) is 66.9 Å². The molecule has 32 heavy (non-hydrogen) atoms. The van der Waals surface area contributed by atoms with Crippen molar-refractivity contribution in [1.82, 2.24) is 19.9 Å². The summed E-state index contributed by atoms with van der Waals surface area (Å²) in [5, 5.41) is 6.52. The van der Waals surface area contributed by atoms with E-state index < -0.39 is 17.8 Å². The van der Waals surface area contributed by atoms with E-state index in [1.807, 2.05) is 30.3 Å². The van der Waals surface area contributed by atoms with Crippen LogP contribution >= 0.6 is 0 Å². The molecule has 6 nitrogen and oxygen atoms in total. The number of hydrogen-bond donors (Lipinski definition) is 1. The highest BCUT2D eigenvalue weighted by Gasteiger charge is 2.36. The number of benzene rings is 2. The monoisotopic (exact) mass is 440 g/mol. The lowest BCUT2D eigenvalue weighted by Crippen LogP contribution is -2.26. The van der Waals surface area contributed by atoms with Crippen molar-refractivity contribution >= 4 is 11.6 Å². The van der Waals surface area contributed by atoms with Gasteiger partial charge in [-0.15, -0.1) is 0 Å². The third kappa shape index (κ3) is 4.41. The second-order valence-corrected chi connectivity index (χ2v) is 7.04. The maximum atomic E-state index is 13.7. The van der Waals surface area contributed by atoms with Crippen molar-refractivity contribution in [3.8, 4) is 17.0 Å². The van der Waals surface area contributed by atoms with Crippen LogP contribution in [0.4, 0.5) is 13.2 Å². The molecule has 0 aliphatic heterocycles. The van der Waals surface area contributed by atoms with Gasteiger partial charge in [0.25, 0.3) is 5.91 Å². The maximum absolute atomic E-state index is 13.7. The molecule has 0 saturated carbocycles. The van der Waals surface area contributed by atoms with Crippen molar-refractivity contribution < 1.29 is 22.7 Å². The van der Waals surface area contributed by atoms with Crippen molar-refractivity contribution in [3.05, 3.63) is 83.7 Å². The Bertz CT molecular complexity index is 1250. The molecule has 4 rings (SSSR count). The van der Waals surface area contributed by atoms with E-state index in [1.54, 1.807) is 24.3 Å². The molecule has 0 unspecified atom stereocenters. The predicted molar refractivity (Wildman–Crippen MR) is 112 cm³/mol. The quantitative estimate of drug-likeness (QED) is 0.483. The van der Waals surface area contributed by atoms with E-state index in [1.165, 1.54) is 7.11 Å². The summed E-state index contributed by atoms with van der Waals surface area (Å²) in [6.45, 7) is 0.321. The molecule has 0 spiro atoms. The first kappa shape index (κ1) is 21.4. The van der Waals surface area contributed by atoms with Gasteiger partial charge in [-0.3, -0.25) is 4.79 Å². The van der Waals surface area contributed by atoms with E-state index in [9.17, 15) is 18.0 Å². The van der Waals surface area contributed by atoms with Gasteiger partial charge in [0.2, 0.25) is 0 Å². The van der Waals surface area contributed by atoms with Gasteiger partial charge in [0.1, 0.15) is 11.3 Å². The Morgan fingerprint density at radius 1 is 1.09 bits per heavy atom. The van der Waals surface area contributed by atoms with Crippen molar-refractivity contribution in [2.75, 3.05) is 13.7 Å². The highest BCUT2D eigenvalue weighted by atomic mass is 19.4. The van der Waals surface area contributed by atoms with Crippen LogP contribution in [0.25, 0.3) is 16.9 Å². The van der Waals surface area contributed by atoms with Gasteiger partial charge in [0.15, 0.2) is 11.3 Å². The van der Waals surface area contributed by atoms with E-state index in [4.69, 9.17) is 4.74 Å². The number of carbonyl (C=O) groups excluding carboxylic acids is 1. The summed E-state index contributed by atoms with van der Waals surface area (Å²) in [4.78, 5) is 17.0. The Morgan fingerprint density at radius 2 is 1.88 bits per heavy atom. The lowest BCUT2D eigenvalue weighted by molar-refractivity contribution is -0.142. The second-order valence-electron chi connectivity index (χ2n) is 7.04. The zero-order chi connectivity index (χ0) is 22.7. The first-order chi connectivity index (χ1) is 15.4. The van der Waals surface area contributed by atoms with Gasteiger partial charge in [0.05, 0.1) is 19.0 Å². The van der Waals surface area contributed by atoms with E-state index in [-0.39, 0.29) is 16.9 Å². The number of alkyl halides is 3. The molecular formula is C23H19F3N4O2. The zero-order valence-corrected chi connectivity index (χ0v) is 17.1. The number of aromatic nitrogens is 3. The number of halogens is 3. The Kier molecular flexibility index (Phi) is 5.81. The van der Waals surface area contributed by atoms with Gasteiger partial charge >= 0.3 is 6.18 Å². The number of hydrogen-bond acceptors (Lipinski definition) is 4. The van der Waals surface area contributed by atoms with E-state index >= 15 is 0 Å². The standard InChI is InChI=1S/C23H19F3N4O2/c1-32-17-9-5-8-16(12-17)19-13-20(23(24,25)26)30-21(29-19)18(14-28-30)22(31)27-11-10-15-6-3-2-4-7-15/h2-9,12-14H,10-11H2,1H3,(H,27,31). The number of carbonyl (C=O) groups is 1. The molecule has 1 amide bonds. The van der Waals surface area contributed by atoms with Crippen molar-refractivity contribution in [1.29, 1.82) is 0 Å². The molecular weight excluding hydrogens is 421 g/mol. The molecule has 0 aliphatic rings. The largest absolute Gasteiger partial charge is 0.497 e. The molecule has 9 heteroatoms. The van der Waals surface area contributed by atoms with Crippen LogP contribution in [-0.4, -0.2) is 34.2 Å². The topological polar surface area (TPSA) is 68.5 Å². The summed E-state index contributed by atoms with van der Waals surface area (Å²) < 4.78 is 47.0. The molecule has 0 saturated heterocycles. The molecule has 0 aliphatic carbocycles. The van der Waals surface area contributed by atoms with Crippen molar-refractivity contribution in [2.45, 2.75) is 12.6 Å². The number of rotatable bonds is 6. The number of nitrogens with one attached hydrogen (secondary N) is 1. The highest BCUT2D eigenvalue weighted by Crippen LogP contribution is 2.33. The van der Waals surface area contributed by atoms with Crippen LogP contribution in [0, 0.1) is 0 Å². The van der Waals surface area contributed by atoms with Crippen LogP contribution in [0.2, 0.25) is 0 Å². The molecule has 2 heterocycles. The minimum atomic E-state index is -4.69. The third-order valence-corrected chi connectivity index (χ3v) is 4.91. The summed E-state index contributed by atoms with van der Waals surface area (Å²) in [5.41, 5.74) is 0.286. The second kappa shape index (κ2) is 8.70. The van der Waals surface area contributed by atoms with Crippen molar-refractivity contribution in [3.63, 3.8) is 0 Å². The molecule has 4 aromatic rings. The molecule has 164 valence electrons. The fourth-order valence-electron chi connectivity index (χ4n) is 3.32. The summed E-state index contributed by atoms with van der Waals surface area (Å²) in [7, 11) is 1.46. The molecule has 0 radical (unpaired) electrons. The predicted octanol–water partition coefficient (Wildman–Crippen LogP) is 4.40. The van der Waals surface area contributed by atoms with Gasteiger partial charge in [-0.05, 0) is 30.2 Å². The van der Waals surface area contributed by atoms with Gasteiger partial charge in [-0.25, -0.2) is 9.50 Å². The Balaban J connectivity index is 1.70. The Hall–Kier alpha value is -3.88. The van der Waals surface area contributed by atoms with Crippen LogP contribution in [0.5, 0.6) is 5.75 Å². The number of ether oxygens (including phenoxy) is 1. The number of amides is 1. The molecule has 0 bridgehead atoms. The Labute approximate surface area is 181 Å². The Morgan fingerprint density at radius 3 is 2.59 bits per heavy atom. The van der Waals surface area contributed by atoms with E-state index in [2.05, 4.69) is 15.4 Å². The third-order valence-electron chi connectivity index (χ3n) is 4.91. The fourth-order valence-corrected chi connectivity index (χ4v) is 3.32. The van der Waals surface area contributed by atoms with Gasteiger partial charge < -0.3 is 10.1 Å². The average Bonchev–Trinajstić information content (AvgIpc) is 3.22. The SMILES string of the molecule is COc1cccc(-c2cc(C(F)(F)F)n3ncc(C(=O)NCCc4ccccc4)c3n2)c1. The van der Waals surface area contributed by atoms with Crippen molar-refractivity contribution in [2.24, 2.45) is 0 Å². The number of methoxy groups -OCH3 is 1. The molecule has 2 aromatic heterocycles.